The van der Waals surface area contributed by atoms with Crippen molar-refractivity contribution in [3.63, 3.8) is 0 Å². The van der Waals surface area contributed by atoms with Gasteiger partial charge in [-0.25, -0.2) is 4.57 Å². The number of phosphoric ester groups is 1. The van der Waals surface area contributed by atoms with Gasteiger partial charge in [0.1, 0.15) is 0 Å². The van der Waals surface area contributed by atoms with E-state index in [-0.39, 0.29) is 0 Å². The predicted molar refractivity (Wildman–Crippen MR) is 102 cm³/mol. The van der Waals surface area contributed by atoms with Crippen molar-refractivity contribution in [3.8, 4) is 0 Å². The molecule has 2 atom stereocenters. The minimum Gasteiger partial charge on any atom is -0.287 e. The van der Waals surface area contributed by atoms with Gasteiger partial charge >= 0.3 is 7.82 Å². The van der Waals surface area contributed by atoms with Crippen LogP contribution in [0.2, 0.25) is 0 Å². The highest BCUT2D eigenvalue weighted by Gasteiger charge is 2.28. The van der Waals surface area contributed by atoms with Crippen molar-refractivity contribution in [1.82, 2.24) is 0 Å². The first-order chi connectivity index (χ1) is 11.5. The maximum Gasteiger partial charge on any atom is 0.474 e. The van der Waals surface area contributed by atoms with Gasteiger partial charge < -0.3 is 0 Å². The van der Waals surface area contributed by atoms with Gasteiger partial charge in [0.15, 0.2) is 0 Å². The molecule has 0 aliphatic rings. The summed E-state index contributed by atoms with van der Waals surface area (Å²) in [6, 6.07) is 0. The highest BCUT2D eigenvalue weighted by Crippen LogP contribution is 2.50. The summed E-state index contributed by atoms with van der Waals surface area (Å²) < 4.78 is 29.8. The summed E-state index contributed by atoms with van der Waals surface area (Å²) in [6.07, 6.45) is 9.78. The van der Waals surface area contributed by atoms with Crippen LogP contribution < -0.4 is 0 Å². The molecule has 0 aromatic carbocycles. The molecule has 0 bridgehead atoms. The van der Waals surface area contributed by atoms with Crippen molar-refractivity contribution in [2.24, 2.45) is 11.8 Å². The number of hydrogen-bond acceptors (Lipinski definition) is 4. The monoisotopic (exact) mass is 364 g/mol. The fraction of sp³-hybridized carbons (Fsp3) is 1.00. The van der Waals surface area contributed by atoms with Gasteiger partial charge in [0.2, 0.25) is 0 Å². The Balaban J connectivity index is 4.54. The van der Waals surface area contributed by atoms with E-state index in [0.717, 1.165) is 32.1 Å². The summed E-state index contributed by atoms with van der Waals surface area (Å²) in [5.41, 5.74) is 0. The van der Waals surface area contributed by atoms with E-state index in [9.17, 15) is 4.57 Å². The van der Waals surface area contributed by atoms with Gasteiger partial charge in [-0.05, 0) is 31.1 Å². The average molecular weight is 365 g/mol. The SMILES string of the molecule is CCCCC(CC)COP(=O)(OCCC)OCC(CC)CCCC. The maximum absolute atomic E-state index is 12.9. The van der Waals surface area contributed by atoms with Gasteiger partial charge in [0, 0.05) is 0 Å². The van der Waals surface area contributed by atoms with Crippen molar-refractivity contribution in [1.29, 1.82) is 0 Å². The molecule has 0 aliphatic heterocycles. The molecular weight excluding hydrogens is 323 g/mol. The van der Waals surface area contributed by atoms with E-state index in [4.69, 9.17) is 13.6 Å². The molecule has 0 aromatic heterocycles. The molecule has 0 saturated heterocycles. The molecule has 0 N–H and O–H groups in total. The van der Waals surface area contributed by atoms with E-state index in [1.807, 2.05) is 6.92 Å². The van der Waals surface area contributed by atoms with Gasteiger partial charge in [-0.1, -0.05) is 73.1 Å². The molecular formula is C19H41O4P. The Bertz CT molecular complexity index is 298. The first-order valence-corrected chi connectivity index (χ1v) is 11.5. The highest BCUT2D eigenvalue weighted by molar-refractivity contribution is 7.48. The quantitative estimate of drug-likeness (QED) is 0.261. The lowest BCUT2D eigenvalue weighted by Gasteiger charge is -2.23. The summed E-state index contributed by atoms with van der Waals surface area (Å²) in [6.45, 7) is 12.0. The minimum atomic E-state index is -3.43. The third kappa shape index (κ3) is 11.6. The molecule has 0 radical (unpaired) electrons. The van der Waals surface area contributed by atoms with Crippen LogP contribution in [0.4, 0.5) is 0 Å². The van der Waals surface area contributed by atoms with Crippen LogP contribution in [-0.4, -0.2) is 19.8 Å². The molecule has 0 fully saturated rings. The maximum atomic E-state index is 12.9. The van der Waals surface area contributed by atoms with Crippen LogP contribution in [0.25, 0.3) is 0 Å². The Morgan fingerprint density at radius 2 is 1.17 bits per heavy atom. The third-order valence-corrected chi connectivity index (χ3v) is 5.91. The first kappa shape index (κ1) is 24.1. The van der Waals surface area contributed by atoms with Crippen LogP contribution in [0, 0.1) is 11.8 Å². The zero-order chi connectivity index (χ0) is 18.3. The number of hydrogen-bond donors (Lipinski definition) is 0. The second kappa shape index (κ2) is 15.4. The van der Waals surface area contributed by atoms with Gasteiger partial charge in [0.25, 0.3) is 0 Å². The molecule has 0 amide bonds. The molecule has 146 valence electrons. The lowest BCUT2D eigenvalue weighted by atomic mass is 10.0. The standard InChI is InChI=1S/C19H41O4P/c1-6-11-13-18(9-4)16-22-24(20,21-15-8-3)23-17-19(10-5)14-12-7-2/h18-19H,6-17H2,1-5H3. The minimum absolute atomic E-state index is 0.411. The third-order valence-electron chi connectivity index (χ3n) is 4.48. The summed E-state index contributed by atoms with van der Waals surface area (Å²) >= 11 is 0. The van der Waals surface area contributed by atoms with Crippen LogP contribution >= 0.6 is 7.82 Å². The fourth-order valence-corrected chi connectivity index (χ4v) is 3.92. The topological polar surface area (TPSA) is 44.8 Å². The van der Waals surface area contributed by atoms with E-state index in [0.29, 0.717) is 31.7 Å². The number of rotatable bonds is 17. The molecule has 24 heavy (non-hydrogen) atoms. The molecule has 0 spiro atoms. The lowest BCUT2D eigenvalue weighted by Crippen LogP contribution is -2.13. The van der Waals surface area contributed by atoms with E-state index in [1.165, 1.54) is 25.7 Å². The molecule has 2 unspecified atom stereocenters. The summed E-state index contributed by atoms with van der Waals surface area (Å²) in [4.78, 5) is 0. The van der Waals surface area contributed by atoms with E-state index < -0.39 is 7.82 Å². The summed E-state index contributed by atoms with van der Waals surface area (Å²) in [7, 11) is -3.43. The Labute approximate surface area is 150 Å². The van der Waals surface area contributed by atoms with Crippen molar-refractivity contribution < 1.29 is 18.1 Å². The van der Waals surface area contributed by atoms with Crippen molar-refractivity contribution in [3.05, 3.63) is 0 Å². The van der Waals surface area contributed by atoms with Gasteiger partial charge in [0.05, 0.1) is 19.8 Å². The van der Waals surface area contributed by atoms with E-state index in [1.54, 1.807) is 0 Å². The zero-order valence-corrected chi connectivity index (χ0v) is 17.6. The van der Waals surface area contributed by atoms with Crippen LogP contribution in [0.15, 0.2) is 0 Å². The second-order valence-corrected chi connectivity index (χ2v) is 8.37. The number of unbranched alkanes of at least 4 members (excludes halogenated alkanes) is 2. The van der Waals surface area contributed by atoms with Crippen LogP contribution in [-0.2, 0) is 18.1 Å². The number of phosphoric acid groups is 1. The predicted octanol–water partition coefficient (Wildman–Crippen LogP) is 6.99. The highest BCUT2D eigenvalue weighted by atomic mass is 31.2. The van der Waals surface area contributed by atoms with Crippen molar-refractivity contribution in [2.75, 3.05) is 19.8 Å². The Kier molecular flexibility index (Phi) is 15.4. The normalized spacial score (nSPS) is 16.7. The molecule has 0 aliphatic carbocycles. The van der Waals surface area contributed by atoms with Crippen molar-refractivity contribution in [2.45, 2.75) is 92.4 Å². The molecule has 0 saturated carbocycles. The Morgan fingerprint density at radius 3 is 1.50 bits per heavy atom. The lowest BCUT2D eigenvalue weighted by molar-refractivity contribution is 0.0843. The molecule has 5 heteroatoms. The smallest absolute Gasteiger partial charge is 0.287 e. The fourth-order valence-electron chi connectivity index (χ4n) is 2.50. The molecule has 4 nitrogen and oxygen atoms in total. The first-order valence-electron chi connectivity index (χ1n) is 10.1. The molecule has 0 heterocycles. The van der Waals surface area contributed by atoms with Gasteiger partial charge in [-0.15, -0.1) is 0 Å². The van der Waals surface area contributed by atoms with Gasteiger partial charge in [-0.2, -0.15) is 0 Å². The largest absolute Gasteiger partial charge is 0.474 e. The zero-order valence-electron chi connectivity index (χ0n) is 16.7. The van der Waals surface area contributed by atoms with Crippen LogP contribution in [0.3, 0.4) is 0 Å². The van der Waals surface area contributed by atoms with Crippen LogP contribution in [0.1, 0.15) is 92.4 Å². The molecule has 0 rings (SSSR count). The Morgan fingerprint density at radius 1 is 0.708 bits per heavy atom. The van der Waals surface area contributed by atoms with E-state index in [2.05, 4.69) is 27.7 Å². The average Bonchev–Trinajstić information content (AvgIpc) is 2.60. The Hall–Kier alpha value is 0.110. The summed E-state index contributed by atoms with van der Waals surface area (Å²) in [5.74, 6) is 0.850. The van der Waals surface area contributed by atoms with E-state index >= 15 is 0 Å². The summed E-state index contributed by atoms with van der Waals surface area (Å²) in [5, 5.41) is 0. The van der Waals surface area contributed by atoms with Crippen LogP contribution in [0.5, 0.6) is 0 Å². The van der Waals surface area contributed by atoms with Gasteiger partial charge in [-0.3, -0.25) is 13.6 Å². The second-order valence-electron chi connectivity index (χ2n) is 6.70. The van der Waals surface area contributed by atoms with Crippen molar-refractivity contribution >= 4 is 7.82 Å². The molecule has 0 aromatic rings.